The number of hydrogen-bond acceptors (Lipinski definition) is 2. The maximum Gasteiger partial charge on any atom is 0.123 e. The lowest BCUT2D eigenvalue weighted by Crippen LogP contribution is -2.44. The molecule has 1 aromatic carbocycles. The van der Waals surface area contributed by atoms with Crippen molar-refractivity contribution < 1.29 is 4.39 Å². The monoisotopic (exact) mass is 370 g/mol. The van der Waals surface area contributed by atoms with Crippen LogP contribution in [0.3, 0.4) is 0 Å². The molecule has 0 spiro atoms. The molecule has 1 fully saturated rings. The fourth-order valence-electron chi connectivity index (χ4n) is 2.17. The van der Waals surface area contributed by atoms with Crippen molar-refractivity contribution >= 4 is 40.7 Å². The second-order valence-electron chi connectivity index (χ2n) is 4.13. The van der Waals surface area contributed by atoms with Crippen LogP contribution in [0.25, 0.3) is 0 Å². The third-order valence-corrected chi connectivity index (χ3v) is 3.77. The van der Waals surface area contributed by atoms with Crippen LogP contribution >= 0.6 is 40.7 Å². The van der Waals surface area contributed by atoms with Crippen molar-refractivity contribution in [2.24, 2.45) is 0 Å². The number of rotatable bonds is 3. The zero-order valence-corrected chi connectivity index (χ0v) is 13.7. The smallest absolute Gasteiger partial charge is 0.123 e. The Morgan fingerprint density at radius 2 is 1.95 bits per heavy atom. The first kappa shape index (κ1) is 18.9. The zero-order chi connectivity index (χ0) is 12.3. The third kappa shape index (κ3) is 4.72. The molecule has 0 aromatic heterocycles. The van der Waals surface area contributed by atoms with Crippen LogP contribution in [0.15, 0.2) is 35.3 Å². The van der Waals surface area contributed by atoms with Gasteiger partial charge < -0.3 is 5.32 Å². The van der Waals surface area contributed by atoms with Gasteiger partial charge >= 0.3 is 0 Å². The predicted octanol–water partition coefficient (Wildman–Crippen LogP) is 3.56. The van der Waals surface area contributed by atoms with Crippen LogP contribution in [-0.4, -0.2) is 31.1 Å². The molecule has 0 aliphatic carbocycles. The van der Waals surface area contributed by atoms with Gasteiger partial charge in [0.05, 0.1) is 6.04 Å². The topological polar surface area (TPSA) is 15.3 Å². The van der Waals surface area contributed by atoms with Crippen LogP contribution in [0.5, 0.6) is 0 Å². The van der Waals surface area contributed by atoms with E-state index in [2.05, 4.69) is 32.7 Å². The summed E-state index contributed by atoms with van der Waals surface area (Å²) in [4.78, 5) is 2.31. The lowest BCUT2D eigenvalue weighted by molar-refractivity contribution is 0.203. The lowest BCUT2D eigenvalue weighted by atomic mass is 10.0. The number of benzene rings is 1. The van der Waals surface area contributed by atoms with E-state index in [1.54, 1.807) is 12.1 Å². The molecule has 1 saturated heterocycles. The molecule has 0 bridgehead atoms. The highest BCUT2D eigenvalue weighted by Gasteiger charge is 2.21. The maximum absolute atomic E-state index is 13.3. The van der Waals surface area contributed by atoms with Gasteiger partial charge in [-0.1, -0.05) is 22.0 Å². The molecule has 2 rings (SSSR count). The van der Waals surface area contributed by atoms with Crippen molar-refractivity contribution in [1.29, 1.82) is 0 Å². The van der Waals surface area contributed by atoms with E-state index in [4.69, 9.17) is 0 Å². The highest BCUT2D eigenvalue weighted by molar-refractivity contribution is 9.10. The van der Waals surface area contributed by atoms with Gasteiger partial charge in [0.2, 0.25) is 0 Å². The summed E-state index contributed by atoms with van der Waals surface area (Å²) in [7, 11) is 0. The molecule has 2 nitrogen and oxygen atoms in total. The number of hydrogen-bond donors (Lipinski definition) is 1. The molecule has 0 saturated carbocycles. The SMILES string of the molecule is C=C[C@H](c1cc(F)ccc1Br)N1CCNCC1.Cl.Cl. The van der Waals surface area contributed by atoms with Crippen LogP contribution in [0.1, 0.15) is 11.6 Å². The van der Waals surface area contributed by atoms with Crippen LogP contribution in [0.2, 0.25) is 0 Å². The van der Waals surface area contributed by atoms with E-state index in [-0.39, 0.29) is 36.7 Å². The van der Waals surface area contributed by atoms with Gasteiger partial charge in [0.25, 0.3) is 0 Å². The lowest BCUT2D eigenvalue weighted by Gasteiger charge is -2.33. The van der Waals surface area contributed by atoms with E-state index >= 15 is 0 Å². The number of halogens is 4. The van der Waals surface area contributed by atoms with Gasteiger partial charge in [0.1, 0.15) is 5.82 Å². The molecule has 108 valence electrons. The van der Waals surface area contributed by atoms with Gasteiger partial charge in [0, 0.05) is 30.7 Å². The van der Waals surface area contributed by atoms with Crippen molar-refractivity contribution in [2.45, 2.75) is 6.04 Å². The third-order valence-electron chi connectivity index (χ3n) is 3.04. The number of nitrogens with one attached hydrogen (secondary N) is 1. The van der Waals surface area contributed by atoms with E-state index < -0.39 is 0 Å². The van der Waals surface area contributed by atoms with Crippen molar-refractivity contribution in [3.05, 3.63) is 46.7 Å². The van der Waals surface area contributed by atoms with Gasteiger partial charge in [-0.3, -0.25) is 4.90 Å². The molecular weight excluding hydrogens is 354 g/mol. The van der Waals surface area contributed by atoms with Crippen LogP contribution in [-0.2, 0) is 0 Å². The second-order valence-corrected chi connectivity index (χ2v) is 4.99. The number of nitrogens with zero attached hydrogens (tertiary/aromatic N) is 1. The molecule has 1 heterocycles. The summed E-state index contributed by atoms with van der Waals surface area (Å²) in [5, 5.41) is 3.31. The summed E-state index contributed by atoms with van der Waals surface area (Å²) < 4.78 is 14.3. The first-order valence-corrected chi connectivity index (χ1v) is 6.54. The van der Waals surface area contributed by atoms with Crippen LogP contribution in [0.4, 0.5) is 4.39 Å². The van der Waals surface area contributed by atoms with E-state index in [0.29, 0.717) is 0 Å². The van der Waals surface area contributed by atoms with E-state index in [0.717, 1.165) is 36.2 Å². The predicted molar refractivity (Wildman–Crippen MR) is 86.0 cm³/mol. The summed E-state index contributed by atoms with van der Waals surface area (Å²) in [6.45, 7) is 7.73. The molecule has 1 N–H and O–H groups in total. The van der Waals surface area contributed by atoms with Gasteiger partial charge in [-0.15, -0.1) is 31.4 Å². The Morgan fingerprint density at radius 1 is 1.32 bits per heavy atom. The maximum atomic E-state index is 13.3. The fourth-order valence-corrected chi connectivity index (χ4v) is 2.66. The summed E-state index contributed by atoms with van der Waals surface area (Å²) in [6.07, 6.45) is 1.88. The summed E-state index contributed by atoms with van der Waals surface area (Å²) in [5.41, 5.74) is 0.946. The minimum absolute atomic E-state index is 0. The van der Waals surface area contributed by atoms with Crippen LogP contribution in [0, 0.1) is 5.82 Å². The zero-order valence-electron chi connectivity index (χ0n) is 10.4. The minimum Gasteiger partial charge on any atom is -0.314 e. The molecule has 1 atom stereocenters. The minimum atomic E-state index is -0.204. The molecule has 1 aromatic rings. The Balaban J connectivity index is 0.00000162. The van der Waals surface area contributed by atoms with Crippen molar-refractivity contribution in [1.82, 2.24) is 10.2 Å². The Morgan fingerprint density at radius 3 is 2.53 bits per heavy atom. The summed E-state index contributed by atoms with van der Waals surface area (Å²) >= 11 is 3.48. The van der Waals surface area contributed by atoms with E-state index in [1.807, 2.05) is 6.08 Å². The highest BCUT2D eigenvalue weighted by atomic mass is 79.9. The molecule has 1 aliphatic heterocycles. The van der Waals surface area contributed by atoms with E-state index in [1.165, 1.54) is 6.07 Å². The Labute approximate surface area is 134 Å². The fraction of sp³-hybridized carbons (Fsp3) is 0.385. The Hall–Kier alpha value is -0.130. The van der Waals surface area contributed by atoms with Gasteiger partial charge in [-0.05, 0) is 23.8 Å². The molecule has 1 aliphatic rings. The van der Waals surface area contributed by atoms with Crippen LogP contribution < -0.4 is 5.32 Å². The molecule has 19 heavy (non-hydrogen) atoms. The second kappa shape index (κ2) is 8.93. The standard InChI is InChI=1S/C13H16BrFN2.2ClH/c1-2-13(17-7-5-16-6-8-17)11-9-10(15)3-4-12(11)14;;/h2-4,9,13,16H,1,5-8H2;2*1H/t13-;;/m1../s1. The quantitative estimate of drug-likeness (QED) is 0.817. The van der Waals surface area contributed by atoms with Gasteiger partial charge in [0.15, 0.2) is 0 Å². The van der Waals surface area contributed by atoms with Gasteiger partial charge in [-0.2, -0.15) is 0 Å². The first-order valence-electron chi connectivity index (χ1n) is 5.74. The number of piperazine rings is 1. The van der Waals surface area contributed by atoms with Gasteiger partial charge in [-0.25, -0.2) is 4.39 Å². The molecule has 6 heteroatoms. The highest BCUT2D eigenvalue weighted by Crippen LogP contribution is 2.29. The molecule has 0 amide bonds. The first-order chi connectivity index (χ1) is 8.22. The summed E-state index contributed by atoms with van der Waals surface area (Å²) in [6, 6.07) is 4.87. The van der Waals surface area contributed by atoms with Crippen molar-refractivity contribution in [3.8, 4) is 0 Å². The average Bonchev–Trinajstić information content (AvgIpc) is 2.36. The molecule has 0 unspecified atom stereocenters. The Bertz CT molecular complexity index is 412. The van der Waals surface area contributed by atoms with E-state index in [9.17, 15) is 4.39 Å². The molecular formula is C13H18BrCl2FN2. The normalized spacial score (nSPS) is 16.9. The largest absolute Gasteiger partial charge is 0.314 e. The van der Waals surface area contributed by atoms with Crippen molar-refractivity contribution in [3.63, 3.8) is 0 Å². The molecule has 0 radical (unpaired) electrons. The average molecular weight is 372 g/mol. The Kier molecular flexibility index (Phi) is 8.86. The van der Waals surface area contributed by atoms with Crippen molar-refractivity contribution in [2.75, 3.05) is 26.2 Å². The summed E-state index contributed by atoms with van der Waals surface area (Å²) in [5.74, 6) is -0.204.